The zero-order valence-corrected chi connectivity index (χ0v) is 8.93. The first kappa shape index (κ1) is 12.0. The number of anilines is 1. The molecule has 1 aromatic carbocycles. The van der Waals surface area contributed by atoms with Crippen molar-refractivity contribution in [2.45, 2.75) is 0 Å². The van der Waals surface area contributed by atoms with Crippen LogP contribution < -0.4 is 5.32 Å². The molecule has 0 aliphatic heterocycles. The lowest BCUT2D eigenvalue weighted by Crippen LogP contribution is -2.12. The standard InChI is InChI=1S/C11H13NO4/c1-15-11(14)9-4-2-3-5-10(9)12-6-7-16-8-13/h2-5,8,12H,6-7H2,1H3. The van der Waals surface area contributed by atoms with Gasteiger partial charge in [0, 0.05) is 12.2 Å². The van der Waals surface area contributed by atoms with Gasteiger partial charge in [-0.3, -0.25) is 4.79 Å². The third kappa shape index (κ3) is 3.27. The molecule has 86 valence electrons. The van der Waals surface area contributed by atoms with Crippen molar-refractivity contribution in [3.05, 3.63) is 29.8 Å². The smallest absolute Gasteiger partial charge is 0.339 e. The summed E-state index contributed by atoms with van der Waals surface area (Å²) in [5, 5.41) is 2.98. The fourth-order valence-electron chi connectivity index (χ4n) is 1.22. The minimum atomic E-state index is -0.403. The molecule has 1 aromatic rings. The number of ether oxygens (including phenoxy) is 2. The lowest BCUT2D eigenvalue weighted by molar-refractivity contribution is -0.128. The van der Waals surface area contributed by atoms with Gasteiger partial charge < -0.3 is 14.8 Å². The molecule has 0 unspecified atom stereocenters. The predicted molar refractivity (Wildman–Crippen MR) is 58.3 cm³/mol. The van der Waals surface area contributed by atoms with E-state index in [0.717, 1.165) is 0 Å². The molecule has 0 heterocycles. The van der Waals surface area contributed by atoms with E-state index in [1.807, 2.05) is 0 Å². The topological polar surface area (TPSA) is 64.6 Å². The number of benzene rings is 1. The zero-order valence-electron chi connectivity index (χ0n) is 8.93. The molecular weight excluding hydrogens is 210 g/mol. The fourth-order valence-corrected chi connectivity index (χ4v) is 1.22. The predicted octanol–water partition coefficient (Wildman–Crippen LogP) is 1.06. The molecule has 0 amide bonds. The molecule has 0 spiro atoms. The van der Waals surface area contributed by atoms with Crippen LogP contribution in [0.2, 0.25) is 0 Å². The molecule has 0 aliphatic rings. The number of carbonyl (C=O) groups is 2. The highest BCUT2D eigenvalue weighted by Gasteiger charge is 2.09. The molecule has 0 aromatic heterocycles. The maximum Gasteiger partial charge on any atom is 0.339 e. The number of nitrogens with one attached hydrogen (secondary N) is 1. The van der Waals surface area contributed by atoms with Crippen molar-refractivity contribution < 1.29 is 19.1 Å². The first-order valence-corrected chi connectivity index (χ1v) is 4.76. The van der Waals surface area contributed by atoms with Crippen LogP contribution in [0.4, 0.5) is 5.69 Å². The van der Waals surface area contributed by atoms with Crippen molar-refractivity contribution in [3.8, 4) is 0 Å². The van der Waals surface area contributed by atoms with Gasteiger partial charge in [-0.15, -0.1) is 0 Å². The number of carbonyl (C=O) groups excluding carboxylic acids is 2. The minimum Gasteiger partial charge on any atom is -0.466 e. The van der Waals surface area contributed by atoms with E-state index in [1.165, 1.54) is 7.11 Å². The first-order valence-electron chi connectivity index (χ1n) is 4.76. The van der Waals surface area contributed by atoms with Crippen LogP contribution in [0.15, 0.2) is 24.3 Å². The third-order valence-corrected chi connectivity index (χ3v) is 1.94. The molecule has 0 bridgehead atoms. The van der Waals surface area contributed by atoms with Crippen LogP contribution in [0, 0.1) is 0 Å². The van der Waals surface area contributed by atoms with E-state index in [0.29, 0.717) is 24.3 Å². The van der Waals surface area contributed by atoms with E-state index < -0.39 is 5.97 Å². The number of hydrogen-bond acceptors (Lipinski definition) is 5. The highest BCUT2D eigenvalue weighted by Crippen LogP contribution is 2.15. The summed E-state index contributed by atoms with van der Waals surface area (Å²) in [6.07, 6.45) is 0. The second kappa shape index (κ2) is 6.44. The lowest BCUT2D eigenvalue weighted by atomic mass is 10.2. The van der Waals surface area contributed by atoms with Gasteiger partial charge in [-0.05, 0) is 12.1 Å². The van der Waals surface area contributed by atoms with Gasteiger partial charge in [0.25, 0.3) is 6.47 Å². The van der Waals surface area contributed by atoms with Gasteiger partial charge in [0.15, 0.2) is 0 Å². The second-order valence-corrected chi connectivity index (χ2v) is 2.93. The maximum absolute atomic E-state index is 11.4. The normalized spacial score (nSPS) is 9.31. The molecule has 1 rings (SSSR count). The SMILES string of the molecule is COC(=O)c1ccccc1NCCOC=O. The van der Waals surface area contributed by atoms with Crippen LogP contribution in [-0.4, -0.2) is 32.7 Å². The summed E-state index contributed by atoms with van der Waals surface area (Å²) < 4.78 is 9.16. The molecule has 0 saturated carbocycles. The third-order valence-electron chi connectivity index (χ3n) is 1.94. The summed E-state index contributed by atoms with van der Waals surface area (Å²) in [6, 6.07) is 6.97. The number of hydrogen-bond donors (Lipinski definition) is 1. The Kier molecular flexibility index (Phi) is 4.85. The van der Waals surface area contributed by atoms with Crippen molar-refractivity contribution in [2.24, 2.45) is 0 Å². The number of esters is 1. The molecule has 1 N–H and O–H groups in total. The molecule has 5 nitrogen and oxygen atoms in total. The van der Waals surface area contributed by atoms with Crippen LogP contribution in [0.5, 0.6) is 0 Å². The molecule has 0 atom stereocenters. The molecule has 0 aliphatic carbocycles. The second-order valence-electron chi connectivity index (χ2n) is 2.93. The highest BCUT2D eigenvalue weighted by atomic mass is 16.5. The molecule has 5 heteroatoms. The lowest BCUT2D eigenvalue weighted by Gasteiger charge is -2.09. The van der Waals surface area contributed by atoms with Crippen LogP contribution in [-0.2, 0) is 14.3 Å². The van der Waals surface area contributed by atoms with Crippen molar-refractivity contribution in [1.82, 2.24) is 0 Å². The van der Waals surface area contributed by atoms with Gasteiger partial charge in [0.2, 0.25) is 0 Å². The van der Waals surface area contributed by atoms with E-state index in [1.54, 1.807) is 24.3 Å². The van der Waals surface area contributed by atoms with Crippen LogP contribution in [0.1, 0.15) is 10.4 Å². The van der Waals surface area contributed by atoms with E-state index in [4.69, 9.17) is 0 Å². The zero-order chi connectivity index (χ0) is 11.8. The average molecular weight is 223 g/mol. The van der Waals surface area contributed by atoms with Gasteiger partial charge in [0.05, 0.1) is 12.7 Å². The van der Waals surface area contributed by atoms with Crippen LogP contribution in [0.3, 0.4) is 0 Å². The molecule has 0 radical (unpaired) electrons. The van der Waals surface area contributed by atoms with E-state index in [2.05, 4.69) is 14.8 Å². The van der Waals surface area contributed by atoms with Gasteiger partial charge in [-0.2, -0.15) is 0 Å². The van der Waals surface area contributed by atoms with Gasteiger partial charge in [0.1, 0.15) is 6.61 Å². The monoisotopic (exact) mass is 223 g/mol. The number of rotatable bonds is 6. The van der Waals surface area contributed by atoms with Gasteiger partial charge >= 0.3 is 5.97 Å². The Labute approximate surface area is 93.4 Å². The van der Waals surface area contributed by atoms with Crippen molar-refractivity contribution in [1.29, 1.82) is 0 Å². The average Bonchev–Trinajstić information content (AvgIpc) is 2.34. The molecule has 16 heavy (non-hydrogen) atoms. The molecule has 0 fully saturated rings. The number of para-hydroxylation sites is 1. The Morgan fingerprint density at radius 3 is 2.88 bits per heavy atom. The largest absolute Gasteiger partial charge is 0.466 e. The first-order chi connectivity index (χ1) is 7.79. The summed E-state index contributed by atoms with van der Waals surface area (Å²) >= 11 is 0. The summed E-state index contributed by atoms with van der Waals surface area (Å²) in [4.78, 5) is 21.3. The Balaban J connectivity index is 2.64. The van der Waals surface area contributed by atoms with Gasteiger partial charge in [-0.1, -0.05) is 12.1 Å². The minimum absolute atomic E-state index is 0.249. The Morgan fingerprint density at radius 1 is 1.44 bits per heavy atom. The van der Waals surface area contributed by atoms with Crippen molar-refractivity contribution in [2.75, 3.05) is 25.6 Å². The maximum atomic E-state index is 11.4. The molecular formula is C11H13NO4. The fraction of sp³-hybridized carbons (Fsp3) is 0.273. The van der Waals surface area contributed by atoms with Crippen LogP contribution in [0.25, 0.3) is 0 Å². The van der Waals surface area contributed by atoms with E-state index in [-0.39, 0.29) is 6.61 Å². The number of methoxy groups -OCH3 is 1. The highest BCUT2D eigenvalue weighted by molar-refractivity contribution is 5.95. The van der Waals surface area contributed by atoms with E-state index >= 15 is 0 Å². The summed E-state index contributed by atoms with van der Waals surface area (Å²) in [6.45, 7) is 1.07. The Morgan fingerprint density at radius 2 is 2.19 bits per heavy atom. The Bertz CT molecular complexity index is 365. The summed E-state index contributed by atoms with van der Waals surface area (Å²) in [5.74, 6) is -0.403. The summed E-state index contributed by atoms with van der Waals surface area (Å²) in [7, 11) is 1.33. The van der Waals surface area contributed by atoms with E-state index in [9.17, 15) is 9.59 Å². The van der Waals surface area contributed by atoms with Crippen LogP contribution >= 0.6 is 0 Å². The summed E-state index contributed by atoms with van der Waals surface area (Å²) in [5.41, 5.74) is 1.11. The van der Waals surface area contributed by atoms with Crippen molar-refractivity contribution in [3.63, 3.8) is 0 Å². The van der Waals surface area contributed by atoms with Crippen molar-refractivity contribution >= 4 is 18.1 Å². The van der Waals surface area contributed by atoms with Gasteiger partial charge in [-0.25, -0.2) is 4.79 Å². The quantitative estimate of drug-likeness (QED) is 0.444. The molecule has 0 saturated heterocycles. The Hall–Kier alpha value is -2.04.